The number of amides is 1. The predicted octanol–water partition coefficient (Wildman–Crippen LogP) is 15.9. The first kappa shape index (κ1) is 60.5. The fourth-order valence-corrected chi connectivity index (χ4v) is 7.23. The van der Waals surface area contributed by atoms with Crippen LogP contribution in [0.1, 0.15) is 220 Å². The van der Waals surface area contributed by atoms with E-state index in [2.05, 4.69) is 123 Å². The first-order valence-electron chi connectivity index (χ1n) is 26.2. The number of aliphatic hydroxyl groups excluding tert-OH is 2. The van der Waals surface area contributed by atoms with E-state index < -0.39 is 18.2 Å². The Balaban J connectivity index is 4.79. The number of carbonyl (C=O) groups excluding carboxylic acids is 2. The van der Waals surface area contributed by atoms with Gasteiger partial charge in [-0.15, -0.1) is 0 Å². The minimum Gasteiger partial charge on any atom is -0.461 e. The largest absolute Gasteiger partial charge is 0.461 e. The second kappa shape index (κ2) is 50.5. The molecule has 0 radical (unpaired) electrons. The molecule has 0 saturated carbocycles. The molecule has 3 unspecified atom stereocenters. The summed E-state index contributed by atoms with van der Waals surface area (Å²) < 4.78 is 5.86. The Morgan fingerprint density at radius 2 is 0.922 bits per heavy atom. The van der Waals surface area contributed by atoms with Crippen molar-refractivity contribution in [3.05, 3.63) is 109 Å². The topological polar surface area (TPSA) is 95.9 Å². The molecule has 3 N–H and O–H groups in total. The fraction of sp³-hybridized carbons (Fsp3) is 0.655. The zero-order valence-electron chi connectivity index (χ0n) is 41.4. The number of carbonyl (C=O) groups is 2. The highest BCUT2D eigenvalue weighted by atomic mass is 16.5. The van der Waals surface area contributed by atoms with Crippen molar-refractivity contribution in [3.8, 4) is 0 Å². The molecule has 0 spiro atoms. The molecule has 0 fully saturated rings. The summed E-state index contributed by atoms with van der Waals surface area (Å²) in [6, 6.07) is -0.744. The number of nitrogens with one attached hydrogen (secondary N) is 1. The lowest BCUT2D eigenvalue weighted by Gasteiger charge is -2.24. The molecule has 0 aromatic heterocycles. The van der Waals surface area contributed by atoms with Crippen molar-refractivity contribution in [2.45, 2.75) is 238 Å². The van der Waals surface area contributed by atoms with Crippen LogP contribution in [-0.4, -0.2) is 46.9 Å². The smallest absolute Gasteiger partial charge is 0.306 e. The van der Waals surface area contributed by atoms with Crippen molar-refractivity contribution in [1.82, 2.24) is 5.32 Å². The van der Waals surface area contributed by atoms with E-state index in [1.807, 2.05) is 12.2 Å². The van der Waals surface area contributed by atoms with E-state index in [1.54, 1.807) is 0 Å². The van der Waals surface area contributed by atoms with Gasteiger partial charge in [0.05, 0.1) is 25.2 Å². The molecule has 0 rings (SSSR count). The Morgan fingerprint density at radius 3 is 1.44 bits per heavy atom. The van der Waals surface area contributed by atoms with Crippen molar-refractivity contribution in [3.63, 3.8) is 0 Å². The van der Waals surface area contributed by atoms with Crippen LogP contribution in [0.3, 0.4) is 0 Å². The summed E-state index contributed by atoms with van der Waals surface area (Å²) in [6.07, 6.45) is 68.7. The van der Waals surface area contributed by atoms with Gasteiger partial charge < -0.3 is 20.3 Å². The highest BCUT2D eigenvalue weighted by Crippen LogP contribution is 2.16. The van der Waals surface area contributed by atoms with Gasteiger partial charge in [-0.05, 0) is 70.6 Å². The number of ether oxygens (including phenoxy) is 1. The lowest BCUT2D eigenvalue weighted by molar-refractivity contribution is -0.150. The summed E-state index contributed by atoms with van der Waals surface area (Å²) in [6.45, 7) is 6.28. The van der Waals surface area contributed by atoms with Crippen LogP contribution in [0.15, 0.2) is 109 Å². The van der Waals surface area contributed by atoms with Crippen LogP contribution >= 0.6 is 0 Å². The van der Waals surface area contributed by atoms with Crippen LogP contribution in [0.25, 0.3) is 0 Å². The third kappa shape index (κ3) is 45.1. The molecule has 0 aliphatic heterocycles. The molecule has 3 atom stereocenters. The van der Waals surface area contributed by atoms with Crippen LogP contribution in [0.4, 0.5) is 0 Å². The zero-order chi connectivity index (χ0) is 46.7. The Bertz CT molecular complexity index is 1320. The number of aliphatic hydroxyl groups is 2. The van der Waals surface area contributed by atoms with Crippen molar-refractivity contribution in [2.75, 3.05) is 6.61 Å². The maximum absolute atomic E-state index is 13.2. The number of allylic oxidation sites excluding steroid dienone is 17. The standard InChI is InChI=1S/C58H97NO5/c1-4-7-10-13-16-19-22-25-27-28-29-31-33-36-39-42-45-48-51-58(63)64-54(49-46-43-40-37-34-32-30-26-23-20-17-14-11-8-5-2)52-57(62)59-55(53-60)56(61)50-47-44-41-38-35-24-21-18-15-12-9-6-3/h8,11,16-17,19-20,22,25-31,34,37,43,46,54-56,60-61H,4-7,9-10,12-15,18,21,23-24,32-33,35-36,38-42,44-45,47-53H2,1-3H3,(H,59,62)/b11-8-,19-16+,20-17-,25-22+,28-27+,30-26-,31-29+,37-34-,46-43-. The van der Waals surface area contributed by atoms with Crippen molar-refractivity contribution in [2.24, 2.45) is 0 Å². The molecule has 0 aliphatic rings. The second-order valence-corrected chi connectivity index (χ2v) is 17.3. The van der Waals surface area contributed by atoms with Crippen molar-refractivity contribution in [1.29, 1.82) is 0 Å². The highest BCUT2D eigenvalue weighted by molar-refractivity contribution is 5.77. The maximum atomic E-state index is 13.2. The SMILES string of the molecule is CC/C=C\C/C=C\C/C=C\C/C=C\C/C=C\CC(CC(=O)NC(CO)C(O)CCCCCCCCCCCCCC)OC(=O)CCCCCCC/C=C/C=C/C=C/C=C/CCCCC. The van der Waals surface area contributed by atoms with Gasteiger partial charge >= 0.3 is 5.97 Å². The van der Waals surface area contributed by atoms with Crippen LogP contribution in [-0.2, 0) is 14.3 Å². The fourth-order valence-electron chi connectivity index (χ4n) is 7.23. The van der Waals surface area contributed by atoms with Gasteiger partial charge in [-0.3, -0.25) is 9.59 Å². The number of rotatable bonds is 45. The van der Waals surface area contributed by atoms with Gasteiger partial charge in [0.25, 0.3) is 0 Å². The molecule has 0 aliphatic carbocycles. The van der Waals surface area contributed by atoms with Gasteiger partial charge in [-0.1, -0.05) is 239 Å². The van der Waals surface area contributed by atoms with E-state index in [4.69, 9.17) is 4.74 Å². The van der Waals surface area contributed by atoms with E-state index in [9.17, 15) is 19.8 Å². The van der Waals surface area contributed by atoms with E-state index >= 15 is 0 Å². The quantitative estimate of drug-likeness (QED) is 0.0245. The zero-order valence-corrected chi connectivity index (χ0v) is 41.4. The summed E-state index contributed by atoms with van der Waals surface area (Å²) in [5.74, 6) is -0.615. The molecule has 0 aromatic rings. The molecular formula is C58H97NO5. The summed E-state index contributed by atoms with van der Waals surface area (Å²) in [5.41, 5.74) is 0. The molecule has 1 amide bonds. The van der Waals surface area contributed by atoms with Crippen LogP contribution in [0, 0.1) is 0 Å². The Labute approximate surface area is 394 Å². The Kier molecular flexibility index (Phi) is 47.8. The molecule has 0 bridgehead atoms. The van der Waals surface area contributed by atoms with Gasteiger partial charge in [0.2, 0.25) is 5.91 Å². The molecular weight excluding hydrogens is 791 g/mol. The summed E-state index contributed by atoms with van der Waals surface area (Å²) in [7, 11) is 0. The van der Waals surface area contributed by atoms with E-state index in [0.717, 1.165) is 96.3 Å². The summed E-state index contributed by atoms with van der Waals surface area (Å²) in [5, 5.41) is 23.7. The van der Waals surface area contributed by atoms with Gasteiger partial charge in [-0.25, -0.2) is 0 Å². The minimum atomic E-state index is -0.822. The molecule has 0 heterocycles. The average molecular weight is 888 g/mol. The monoisotopic (exact) mass is 888 g/mol. The number of esters is 1. The third-order valence-corrected chi connectivity index (χ3v) is 11.2. The van der Waals surface area contributed by atoms with E-state index in [1.165, 1.54) is 77.0 Å². The van der Waals surface area contributed by atoms with Gasteiger partial charge in [0, 0.05) is 12.8 Å². The normalized spacial score (nSPS) is 14.1. The van der Waals surface area contributed by atoms with Crippen molar-refractivity contribution < 1.29 is 24.5 Å². The highest BCUT2D eigenvalue weighted by Gasteiger charge is 2.23. The number of hydrogen-bond acceptors (Lipinski definition) is 5. The lowest BCUT2D eigenvalue weighted by atomic mass is 10.0. The number of unbranched alkanes of at least 4 members (excludes halogenated alkanes) is 19. The predicted molar refractivity (Wildman–Crippen MR) is 277 cm³/mol. The molecule has 0 aromatic carbocycles. The number of hydrogen-bond donors (Lipinski definition) is 3. The van der Waals surface area contributed by atoms with E-state index in [0.29, 0.717) is 19.3 Å². The van der Waals surface area contributed by atoms with Gasteiger partial charge in [0.15, 0.2) is 0 Å². The van der Waals surface area contributed by atoms with Crippen LogP contribution in [0.2, 0.25) is 0 Å². The molecule has 6 nitrogen and oxygen atoms in total. The molecule has 6 heteroatoms. The van der Waals surface area contributed by atoms with E-state index in [-0.39, 0.29) is 24.9 Å². The average Bonchev–Trinajstić information content (AvgIpc) is 3.29. The maximum Gasteiger partial charge on any atom is 0.306 e. The van der Waals surface area contributed by atoms with Crippen molar-refractivity contribution >= 4 is 11.9 Å². The van der Waals surface area contributed by atoms with Crippen LogP contribution in [0.5, 0.6) is 0 Å². The molecule has 364 valence electrons. The second-order valence-electron chi connectivity index (χ2n) is 17.3. The Morgan fingerprint density at radius 1 is 0.500 bits per heavy atom. The third-order valence-electron chi connectivity index (χ3n) is 11.2. The molecule has 64 heavy (non-hydrogen) atoms. The van der Waals surface area contributed by atoms with Gasteiger partial charge in [-0.2, -0.15) is 0 Å². The Hall–Kier alpha value is -3.48. The molecule has 0 saturated heterocycles. The minimum absolute atomic E-state index is 0.0168. The first-order chi connectivity index (χ1) is 31.5. The van der Waals surface area contributed by atoms with Crippen LogP contribution < -0.4 is 5.32 Å². The van der Waals surface area contributed by atoms with Gasteiger partial charge in [0.1, 0.15) is 6.10 Å². The summed E-state index contributed by atoms with van der Waals surface area (Å²) >= 11 is 0. The first-order valence-corrected chi connectivity index (χ1v) is 26.2. The summed E-state index contributed by atoms with van der Waals surface area (Å²) in [4.78, 5) is 26.1. The lowest BCUT2D eigenvalue weighted by Crippen LogP contribution is -2.46.